The van der Waals surface area contributed by atoms with Gasteiger partial charge in [0.25, 0.3) is 0 Å². The summed E-state index contributed by atoms with van der Waals surface area (Å²) in [5.41, 5.74) is 0. The number of hydrogen-bond acceptors (Lipinski definition) is 2. The number of nitrogens with zero attached hydrogens (tertiary/aromatic N) is 1. The average Bonchev–Trinajstić information content (AvgIpc) is 1.61. The van der Waals surface area contributed by atoms with Gasteiger partial charge >= 0.3 is 0 Å². The first-order valence-corrected chi connectivity index (χ1v) is 2.56. The summed E-state index contributed by atoms with van der Waals surface area (Å²) >= 11 is 0. The Hall–Kier alpha value is 0.790. The summed E-state index contributed by atoms with van der Waals surface area (Å²) in [4.78, 5) is 2.15. The van der Waals surface area contributed by atoms with Gasteiger partial charge in [0.1, 0.15) is 0 Å². The quantitative estimate of drug-likeness (QED) is 0.750. The monoisotopic (exact) mass is 210 g/mol. The van der Waals surface area contributed by atoms with Gasteiger partial charge < -0.3 is 10.2 Å². The molecule has 0 amide bonds. The molecule has 1 N–H and O–H groups in total. The first-order chi connectivity index (χ1) is 3.27. The van der Waals surface area contributed by atoms with Crippen molar-refractivity contribution in [2.24, 2.45) is 0 Å². The van der Waals surface area contributed by atoms with Crippen molar-refractivity contribution >= 4 is 37.2 Å². The van der Waals surface area contributed by atoms with Gasteiger partial charge in [-0.3, -0.25) is 0 Å². The molecule has 0 bridgehead atoms. The van der Waals surface area contributed by atoms with Crippen LogP contribution in [0.4, 0.5) is 0 Å². The van der Waals surface area contributed by atoms with E-state index < -0.39 is 0 Å². The van der Waals surface area contributed by atoms with Crippen LogP contribution in [-0.4, -0.2) is 39.1 Å². The molecule has 0 heterocycles. The molecule has 0 aliphatic carbocycles. The van der Waals surface area contributed by atoms with Gasteiger partial charge in [-0.15, -0.1) is 37.2 Å². The minimum Gasteiger partial charge on any atom is -0.318 e. The summed E-state index contributed by atoms with van der Waals surface area (Å²) in [5, 5.41) is 3.06. The van der Waals surface area contributed by atoms with E-state index in [1.807, 2.05) is 7.05 Å². The number of rotatable bonds is 3. The molecule has 5 heteroatoms. The van der Waals surface area contributed by atoms with Crippen LogP contribution in [0, 0.1) is 0 Å². The number of halogens is 3. The highest BCUT2D eigenvalue weighted by molar-refractivity contribution is 5.86. The lowest BCUT2D eigenvalue weighted by Crippen LogP contribution is -2.23. The SMILES string of the molecule is CNCCN(C)C.Cl.Cl.Cl. The molecule has 0 fully saturated rings. The fourth-order valence-corrected chi connectivity index (χ4v) is 0.335. The first kappa shape index (κ1) is 22.4. The largest absolute Gasteiger partial charge is 0.318 e. The summed E-state index contributed by atoms with van der Waals surface area (Å²) in [6.07, 6.45) is 0. The van der Waals surface area contributed by atoms with Gasteiger partial charge in [0.05, 0.1) is 0 Å². The Balaban J connectivity index is -0.0000000600. The zero-order chi connectivity index (χ0) is 5.70. The Bertz CT molecular complexity index is 43.9. The molecule has 0 aromatic heterocycles. The zero-order valence-corrected chi connectivity index (χ0v) is 9.04. The van der Waals surface area contributed by atoms with Crippen LogP contribution in [0.2, 0.25) is 0 Å². The van der Waals surface area contributed by atoms with Gasteiger partial charge in [-0.2, -0.15) is 0 Å². The molecule has 0 rings (SSSR count). The maximum atomic E-state index is 3.06. The third-order valence-corrected chi connectivity index (χ3v) is 0.809. The van der Waals surface area contributed by atoms with Gasteiger partial charge in [-0.05, 0) is 21.1 Å². The Kier molecular flexibility index (Phi) is 36.8. The smallest absolute Gasteiger partial charge is 0.0101 e. The average molecular weight is 212 g/mol. The van der Waals surface area contributed by atoms with E-state index in [0.717, 1.165) is 13.1 Å². The summed E-state index contributed by atoms with van der Waals surface area (Å²) in [7, 11) is 6.10. The summed E-state index contributed by atoms with van der Waals surface area (Å²) in [5.74, 6) is 0. The third kappa shape index (κ3) is 23.2. The van der Waals surface area contributed by atoms with E-state index >= 15 is 0 Å². The molecule has 68 valence electrons. The number of likely N-dealkylation sites (N-methyl/N-ethyl adjacent to an activating group) is 2. The predicted octanol–water partition coefficient (Wildman–Crippen LogP) is 1.03. The highest BCUT2D eigenvalue weighted by Gasteiger charge is 1.82. The molecule has 0 aliphatic rings. The molecule has 2 nitrogen and oxygen atoms in total. The summed E-state index contributed by atoms with van der Waals surface area (Å²) in [6, 6.07) is 0. The lowest BCUT2D eigenvalue weighted by atomic mass is 10.6. The van der Waals surface area contributed by atoms with Crippen molar-refractivity contribution in [3.05, 3.63) is 0 Å². The van der Waals surface area contributed by atoms with Crippen molar-refractivity contribution < 1.29 is 0 Å². The van der Waals surface area contributed by atoms with Crippen molar-refractivity contribution in [1.29, 1.82) is 0 Å². The highest BCUT2D eigenvalue weighted by atomic mass is 35.5. The second-order valence-electron chi connectivity index (χ2n) is 1.91. The van der Waals surface area contributed by atoms with Crippen molar-refractivity contribution in [2.45, 2.75) is 0 Å². The van der Waals surface area contributed by atoms with Crippen LogP contribution in [0.15, 0.2) is 0 Å². The van der Waals surface area contributed by atoms with Crippen molar-refractivity contribution in [3.8, 4) is 0 Å². The van der Waals surface area contributed by atoms with Crippen molar-refractivity contribution in [2.75, 3.05) is 34.2 Å². The van der Waals surface area contributed by atoms with E-state index in [9.17, 15) is 0 Å². The molecular formula is C5H17Cl3N2. The maximum absolute atomic E-state index is 3.06. The van der Waals surface area contributed by atoms with Gasteiger partial charge in [0, 0.05) is 13.1 Å². The second kappa shape index (κ2) is 16.4. The van der Waals surface area contributed by atoms with Gasteiger partial charge in [-0.25, -0.2) is 0 Å². The Labute approximate surface area is 82.0 Å². The van der Waals surface area contributed by atoms with E-state index in [1.54, 1.807) is 0 Å². The Morgan fingerprint density at radius 3 is 1.60 bits per heavy atom. The highest BCUT2D eigenvalue weighted by Crippen LogP contribution is 1.66. The molecular weight excluding hydrogens is 194 g/mol. The van der Waals surface area contributed by atoms with Crippen LogP contribution >= 0.6 is 37.2 Å². The van der Waals surface area contributed by atoms with Crippen LogP contribution in [0.1, 0.15) is 0 Å². The Morgan fingerprint density at radius 1 is 1.10 bits per heavy atom. The zero-order valence-electron chi connectivity index (χ0n) is 6.59. The lowest BCUT2D eigenvalue weighted by Gasteiger charge is -2.06. The van der Waals surface area contributed by atoms with Gasteiger partial charge in [0.15, 0.2) is 0 Å². The topological polar surface area (TPSA) is 15.3 Å². The standard InChI is InChI=1S/C5H14N2.3ClH/c1-6-4-5-7(2)3;;;/h6H,4-5H2,1-3H3;3*1H. The van der Waals surface area contributed by atoms with Crippen LogP contribution in [0.5, 0.6) is 0 Å². The van der Waals surface area contributed by atoms with E-state index in [1.165, 1.54) is 0 Å². The van der Waals surface area contributed by atoms with Crippen molar-refractivity contribution in [1.82, 2.24) is 10.2 Å². The molecule has 0 unspecified atom stereocenters. The van der Waals surface area contributed by atoms with Gasteiger partial charge in [0.2, 0.25) is 0 Å². The molecule has 0 saturated carbocycles. The predicted molar refractivity (Wildman–Crippen MR) is 54.2 cm³/mol. The second-order valence-corrected chi connectivity index (χ2v) is 1.91. The first-order valence-electron chi connectivity index (χ1n) is 2.56. The van der Waals surface area contributed by atoms with Crippen molar-refractivity contribution in [3.63, 3.8) is 0 Å². The van der Waals surface area contributed by atoms with Crippen LogP contribution in [0.25, 0.3) is 0 Å². The van der Waals surface area contributed by atoms with Crippen LogP contribution in [-0.2, 0) is 0 Å². The fourth-order valence-electron chi connectivity index (χ4n) is 0.335. The van der Waals surface area contributed by atoms with Gasteiger partial charge in [-0.1, -0.05) is 0 Å². The number of hydrogen-bond donors (Lipinski definition) is 1. The maximum Gasteiger partial charge on any atom is 0.0101 e. The Morgan fingerprint density at radius 2 is 1.50 bits per heavy atom. The molecule has 0 aliphatic heterocycles. The molecule has 0 aromatic rings. The minimum absolute atomic E-state index is 0. The van der Waals surface area contributed by atoms with E-state index in [-0.39, 0.29) is 37.2 Å². The molecule has 0 radical (unpaired) electrons. The summed E-state index contributed by atoms with van der Waals surface area (Å²) < 4.78 is 0. The van der Waals surface area contributed by atoms with Crippen LogP contribution in [0.3, 0.4) is 0 Å². The lowest BCUT2D eigenvalue weighted by molar-refractivity contribution is 0.407. The molecule has 0 atom stereocenters. The molecule has 0 spiro atoms. The summed E-state index contributed by atoms with van der Waals surface area (Å²) in [6.45, 7) is 2.20. The molecule has 10 heavy (non-hydrogen) atoms. The van der Waals surface area contributed by atoms with E-state index in [2.05, 4.69) is 24.3 Å². The third-order valence-electron chi connectivity index (χ3n) is 0.809. The van der Waals surface area contributed by atoms with E-state index in [0.29, 0.717) is 0 Å². The minimum atomic E-state index is 0. The molecule has 0 saturated heterocycles. The van der Waals surface area contributed by atoms with Crippen LogP contribution < -0.4 is 5.32 Å². The normalized spacial score (nSPS) is 7.20. The number of nitrogens with one attached hydrogen (secondary N) is 1. The van der Waals surface area contributed by atoms with E-state index in [4.69, 9.17) is 0 Å². The fraction of sp³-hybridized carbons (Fsp3) is 1.00. The molecule has 0 aromatic carbocycles.